The van der Waals surface area contributed by atoms with Crippen molar-refractivity contribution in [3.8, 4) is 0 Å². The zero-order valence-electron chi connectivity index (χ0n) is 41.5. The number of ether oxygens (including phenoxy) is 3. The second-order valence-corrected chi connectivity index (χ2v) is 22.1. The molecule has 370 valence electrons. The Bertz CT molecular complexity index is 2760. The summed E-state index contributed by atoms with van der Waals surface area (Å²) in [5.41, 5.74) is 3.92. The van der Waals surface area contributed by atoms with Gasteiger partial charge in [0.2, 0.25) is 0 Å². The molecule has 11 rings (SSSR count). The fourth-order valence-electron chi connectivity index (χ4n) is 10.3. The molecule has 10 aromatic rings. The zero-order chi connectivity index (χ0) is 50.5. The van der Waals surface area contributed by atoms with Gasteiger partial charge >= 0.3 is 0 Å². The summed E-state index contributed by atoms with van der Waals surface area (Å²) in [5.74, 6) is 0. The van der Waals surface area contributed by atoms with Crippen molar-refractivity contribution < 1.29 is 23.3 Å². The largest absolute Gasteiger partial charge is 0.365 e. The molecule has 0 spiro atoms. The summed E-state index contributed by atoms with van der Waals surface area (Å²) in [6.45, 7) is 0.282. The maximum atomic E-state index is 7.87. The predicted molar refractivity (Wildman–Crippen MR) is 307 cm³/mol. The highest BCUT2D eigenvalue weighted by atomic mass is 31.1. The van der Waals surface area contributed by atoms with Crippen LogP contribution in [0, 0.1) is 0 Å². The Labute approximate surface area is 444 Å². The topological polar surface area (TPSA) is 46.2 Å². The van der Waals surface area contributed by atoms with Crippen LogP contribution in [0.25, 0.3) is 0 Å². The summed E-state index contributed by atoms with van der Waals surface area (Å²) in [6.07, 6.45) is -2.64. The number of benzene rings is 10. The van der Waals surface area contributed by atoms with Gasteiger partial charge in [-0.3, -0.25) is 0 Å². The van der Waals surface area contributed by atoms with E-state index in [9.17, 15) is 0 Å². The molecule has 0 unspecified atom stereocenters. The summed E-state index contributed by atoms with van der Waals surface area (Å²) >= 11 is 0. The average molecular weight is 1020 g/mol. The van der Waals surface area contributed by atoms with Crippen molar-refractivity contribution in [1.29, 1.82) is 0 Å². The fraction of sp³-hybridized carbons (Fsp3) is 0.118. The molecule has 1 heterocycles. The Morgan fingerprint density at radius 2 is 0.453 bits per heavy atom. The Hall–Kier alpha value is -7.14. The Kier molecular flexibility index (Phi) is 16.0. The molecular formula is C68H58O5P2. The number of hydrogen-bond acceptors (Lipinski definition) is 5. The van der Waals surface area contributed by atoms with Gasteiger partial charge in [-0.2, -0.15) is 0 Å². The average Bonchev–Trinajstić information content (AvgIpc) is 3.83. The third-order valence-electron chi connectivity index (χ3n) is 13.8. The van der Waals surface area contributed by atoms with Crippen LogP contribution in [-0.4, -0.2) is 37.6 Å². The minimum atomic E-state index is -1.43. The smallest absolute Gasteiger partial charge is 0.143 e. The van der Waals surface area contributed by atoms with E-state index in [4.69, 9.17) is 23.3 Å². The maximum Gasteiger partial charge on any atom is 0.143 e. The normalized spacial score (nSPS) is 16.8. The van der Waals surface area contributed by atoms with E-state index in [-0.39, 0.29) is 13.2 Å². The van der Waals surface area contributed by atoms with E-state index in [0.29, 0.717) is 0 Å². The molecule has 5 nitrogen and oxygen atoms in total. The minimum Gasteiger partial charge on any atom is -0.365 e. The molecule has 0 aromatic heterocycles. The first kappa shape index (κ1) is 50.0. The standard InChI is InChI=1S/C68H58O5P2/c1-11-31-53(32-12-1)67(54-33-13-2-14-34-54,55-35-15-3-16-36-55)69-51-63-65(72-74(59-43-23-7-24-44-59)60-45-25-8-26-46-60)66(73-75(61-47-27-9-28-48-61)62-49-29-10-30-50-62)64(71-63)52-70-68(56-37-17-4-18-38-56,57-39-19-5-20-40-57)58-41-21-6-22-42-58/h1-50,63-66H,51-52H2/t63-,64-,65-,66-/m1/s1. The molecule has 0 amide bonds. The summed E-state index contributed by atoms with van der Waals surface area (Å²) in [5, 5.41) is 4.31. The summed E-state index contributed by atoms with van der Waals surface area (Å²) < 4.78 is 38.9. The second-order valence-electron chi connectivity index (χ2n) is 18.5. The molecule has 1 saturated heterocycles. The van der Waals surface area contributed by atoms with Crippen LogP contribution in [0.2, 0.25) is 0 Å². The van der Waals surface area contributed by atoms with Gasteiger partial charge in [-0.1, -0.05) is 303 Å². The van der Waals surface area contributed by atoms with Crippen LogP contribution in [0.1, 0.15) is 33.4 Å². The molecule has 1 aliphatic heterocycles. The molecule has 0 radical (unpaired) electrons. The van der Waals surface area contributed by atoms with E-state index in [0.717, 1.165) is 54.6 Å². The Balaban J connectivity index is 1.09. The van der Waals surface area contributed by atoms with Gasteiger partial charge in [-0.05, 0) is 33.4 Å². The lowest BCUT2D eigenvalue weighted by atomic mass is 9.80. The van der Waals surface area contributed by atoms with E-state index < -0.39 is 51.9 Å². The monoisotopic (exact) mass is 1020 g/mol. The molecule has 1 aliphatic rings. The van der Waals surface area contributed by atoms with Crippen molar-refractivity contribution in [1.82, 2.24) is 0 Å². The zero-order valence-corrected chi connectivity index (χ0v) is 43.3. The van der Waals surface area contributed by atoms with Gasteiger partial charge in [0, 0.05) is 21.2 Å². The Morgan fingerprint density at radius 1 is 0.267 bits per heavy atom. The molecule has 0 saturated carbocycles. The molecular weight excluding hydrogens is 959 g/mol. The van der Waals surface area contributed by atoms with E-state index in [1.54, 1.807) is 0 Å². The maximum absolute atomic E-state index is 7.87. The predicted octanol–water partition coefficient (Wildman–Crippen LogP) is 13.6. The summed E-state index contributed by atoms with van der Waals surface area (Å²) in [7, 11) is -2.85. The van der Waals surface area contributed by atoms with E-state index in [1.165, 1.54) is 0 Å². The third-order valence-corrected chi connectivity index (χ3v) is 17.8. The highest BCUT2D eigenvalue weighted by Crippen LogP contribution is 2.49. The Morgan fingerprint density at radius 3 is 0.653 bits per heavy atom. The van der Waals surface area contributed by atoms with E-state index >= 15 is 0 Å². The molecule has 0 aliphatic carbocycles. The lowest BCUT2D eigenvalue weighted by Gasteiger charge is -2.38. The van der Waals surface area contributed by atoms with Crippen molar-refractivity contribution in [2.24, 2.45) is 0 Å². The first-order chi connectivity index (χ1) is 37.2. The summed E-state index contributed by atoms with van der Waals surface area (Å²) in [6, 6.07) is 105. The van der Waals surface area contributed by atoms with Crippen molar-refractivity contribution in [3.05, 3.63) is 337 Å². The van der Waals surface area contributed by atoms with Crippen LogP contribution in [0.4, 0.5) is 0 Å². The van der Waals surface area contributed by atoms with Crippen molar-refractivity contribution >= 4 is 37.5 Å². The quantitative estimate of drug-likeness (QED) is 0.0562. The molecule has 10 aromatic carbocycles. The third kappa shape index (κ3) is 10.9. The van der Waals surface area contributed by atoms with Gasteiger partial charge in [0.15, 0.2) is 0 Å². The SMILES string of the molecule is c1ccc(P(O[C@H]2[C@H](OP(c3ccccc3)c3ccccc3)[C@@H](COC(c3ccccc3)(c3ccccc3)c3ccccc3)O[C@@H]2COC(c2ccccc2)(c2ccccc2)c2ccccc2)c2ccccc2)cc1. The lowest BCUT2D eigenvalue weighted by molar-refractivity contribution is -0.104. The molecule has 7 heteroatoms. The van der Waals surface area contributed by atoms with Gasteiger partial charge in [-0.25, -0.2) is 0 Å². The van der Waals surface area contributed by atoms with Crippen molar-refractivity contribution in [2.45, 2.75) is 35.6 Å². The van der Waals surface area contributed by atoms with Gasteiger partial charge in [-0.15, -0.1) is 0 Å². The van der Waals surface area contributed by atoms with Gasteiger partial charge in [0.25, 0.3) is 0 Å². The molecule has 1 fully saturated rings. The highest BCUT2D eigenvalue weighted by molar-refractivity contribution is 7.69. The minimum absolute atomic E-state index is 0.141. The van der Waals surface area contributed by atoms with E-state index in [2.05, 4.69) is 267 Å². The van der Waals surface area contributed by atoms with Crippen molar-refractivity contribution in [3.63, 3.8) is 0 Å². The summed E-state index contributed by atoms with van der Waals surface area (Å²) in [4.78, 5) is 0. The van der Waals surface area contributed by atoms with Crippen molar-refractivity contribution in [2.75, 3.05) is 13.2 Å². The van der Waals surface area contributed by atoms with Crippen LogP contribution in [-0.2, 0) is 34.5 Å². The van der Waals surface area contributed by atoms with Gasteiger partial charge < -0.3 is 23.3 Å². The molecule has 0 N–H and O–H groups in total. The van der Waals surface area contributed by atoms with Crippen LogP contribution >= 0.6 is 16.3 Å². The lowest BCUT2D eigenvalue weighted by Crippen LogP contribution is -2.43. The van der Waals surface area contributed by atoms with Crippen LogP contribution in [0.5, 0.6) is 0 Å². The first-order valence-corrected chi connectivity index (χ1v) is 28.1. The van der Waals surface area contributed by atoms with Gasteiger partial charge in [0.1, 0.15) is 35.6 Å². The van der Waals surface area contributed by atoms with Crippen LogP contribution in [0.15, 0.2) is 303 Å². The highest BCUT2D eigenvalue weighted by Gasteiger charge is 2.52. The molecule has 0 bridgehead atoms. The molecule has 4 atom stereocenters. The number of hydrogen-bond donors (Lipinski definition) is 0. The van der Waals surface area contributed by atoms with Gasteiger partial charge in [0.05, 0.1) is 29.5 Å². The van der Waals surface area contributed by atoms with E-state index in [1.807, 2.05) is 36.4 Å². The van der Waals surface area contributed by atoms with Crippen LogP contribution in [0.3, 0.4) is 0 Å². The molecule has 75 heavy (non-hydrogen) atoms. The second kappa shape index (κ2) is 24.0. The fourth-order valence-corrected chi connectivity index (χ4v) is 14.2. The van der Waals surface area contributed by atoms with Crippen LogP contribution < -0.4 is 21.2 Å². The number of rotatable bonds is 20. The first-order valence-electron chi connectivity index (χ1n) is 25.6.